The molecule has 1 amide bonds. The number of benzene rings is 1. The maximum atomic E-state index is 12.2. The average Bonchev–Trinajstić information content (AvgIpc) is 2.51. The zero-order valence-electron chi connectivity index (χ0n) is 13.3. The molecular weight excluding hydrogens is 272 g/mol. The number of nitrogens with one attached hydrogen (secondary N) is 2. The maximum absolute atomic E-state index is 12.2. The van der Waals surface area contributed by atoms with Gasteiger partial charge < -0.3 is 24.8 Å². The van der Waals surface area contributed by atoms with Crippen LogP contribution in [0.5, 0.6) is 17.2 Å². The van der Waals surface area contributed by atoms with Crippen molar-refractivity contribution in [1.82, 2.24) is 10.6 Å². The second-order valence-corrected chi connectivity index (χ2v) is 4.58. The minimum atomic E-state index is -0.181. The molecule has 0 heterocycles. The van der Waals surface area contributed by atoms with Gasteiger partial charge in [0.25, 0.3) is 5.91 Å². The first-order chi connectivity index (χ1) is 10.1. The Morgan fingerprint density at radius 2 is 1.71 bits per heavy atom. The van der Waals surface area contributed by atoms with E-state index in [4.69, 9.17) is 14.2 Å². The molecule has 118 valence electrons. The Hall–Kier alpha value is -1.95. The summed E-state index contributed by atoms with van der Waals surface area (Å²) in [6, 6.07) is 3.48. The molecule has 0 spiro atoms. The number of carbonyl (C=O) groups excluding carboxylic acids is 1. The molecule has 1 atom stereocenters. The van der Waals surface area contributed by atoms with Crippen LogP contribution < -0.4 is 24.8 Å². The fourth-order valence-corrected chi connectivity index (χ4v) is 1.98. The smallest absolute Gasteiger partial charge is 0.251 e. The number of ether oxygens (including phenoxy) is 3. The van der Waals surface area contributed by atoms with Gasteiger partial charge in [-0.05, 0) is 25.6 Å². The lowest BCUT2D eigenvalue weighted by atomic mass is 10.1. The van der Waals surface area contributed by atoms with Gasteiger partial charge >= 0.3 is 0 Å². The highest BCUT2D eigenvalue weighted by molar-refractivity contribution is 5.95. The predicted octanol–water partition coefficient (Wildman–Crippen LogP) is 1.44. The summed E-state index contributed by atoms with van der Waals surface area (Å²) in [5, 5.41) is 6.10. The second-order valence-electron chi connectivity index (χ2n) is 4.58. The van der Waals surface area contributed by atoms with Crippen LogP contribution in [0.1, 0.15) is 24.2 Å². The van der Waals surface area contributed by atoms with E-state index < -0.39 is 0 Å². The normalized spacial score (nSPS) is 11.7. The number of likely N-dealkylation sites (N-methyl/N-ethyl adjacent to an activating group) is 1. The van der Waals surface area contributed by atoms with Crippen LogP contribution >= 0.6 is 0 Å². The van der Waals surface area contributed by atoms with Crippen molar-refractivity contribution in [3.8, 4) is 17.2 Å². The van der Waals surface area contributed by atoms with Gasteiger partial charge in [0.1, 0.15) is 0 Å². The maximum Gasteiger partial charge on any atom is 0.251 e. The summed E-state index contributed by atoms with van der Waals surface area (Å²) in [5.74, 6) is 1.21. The van der Waals surface area contributed by atoms with E-state index in [1.165, 1.54) is 21.3 Å². The van der Waals surface area contributed by atoms with Crippen LogP contribution in [0.15, 0.2) is 12.1 Å². The molecule has 0 bridgehead atoms. The number of amides is 1. The minimum Gasteiger partial charge on any atom is -0.493 e. The van der Waals surface area contributed by atoms with Crippen LogP contribution in [-0.2, 0) is 0 Å². The Morgan fingerprint density at radius 1 is 1.14 bits per heavy atom. The molecule has 6 nitrogen and oxygen atoms in total. The SMILES string of the molecule is CCN[C@H](C)CNC(=O)c1cc(OC)c(OC)c(OC)c1. The lowest BCUT2D eigenvalue weighted by Crippen LogP contribution is -2.38. The molecule has 6 heteroatoms. The second kappa shape index (κ2) is 8.36. The van der Waals surface area contributed by atoms with E-state index in [9.17, 15) is 4.79 Å². The molecule has 0 saturated carbocycles. The molecule has 0 fully saturated rings. The van der Waals surface area contributed by atoms with E-state index in [0.717, 1.165) is 6.54 Å². The Bertz CT molecular complexity index is 452. The van der Waals surface area contributed by atoms with E-state index in [0.29, 0.717) is 29.4 Å². The molecule has 0 aliphatic rings. The van der Waals surface area contributed by atoms with Crippen molar-refractivity contribution in [1.29, 1.82) is 0 Å². The number of rotatable bonds is 8. The molecule has 0 unspecified atom stereocenters. The first kappa shape index (κ1) is 17.1. The minimum absolute atomic E-state index is 0.181. The van der Waals surface area contributed by atoms with Crippen LogP contribution in [0.4, 0.5) is 0 Å². The van der Waals surface area contributed by atoms with Crippen LogP contribution in [0, 0.1) is 0 Å². The number of hydrogen-bond acceptors (Lipinski definition) is 5. The van der Waals surface area contributed by atoms with Crippen LogP contribution in [-0.4, -0.2) is 46.4 Å². The highest BCUT2D eigenvalue weighted by Crippen LogP contribution is 2.38. The molecule has 2 N–H and O–H groups in total. The van der Waals surface area contributed by atoms with Crippen molar-refractivity contribution < 1.29 is 19.0 Å². The lowest BCUT2D eigenvalue weighted by Gasteiger charge is -2.16. The van der Waals surface area contributed by atoms with E-state index in [1.807, 2.05) is 13.8 Å². The standard InChI is InChI=1S/C15H24N2O4/c1-6-16-10(2)9-17-15(18)11-7-12(19-3)14(21-5)13(8-11)20-4/h7-8,10,16H,6,9H2,1-5H3,(H,17,18)/t10-/m1/s1. The Balaban J connectivity index is 2.89. The van der Waals surface area contributed by atoms with Crippen molar-refractivity contribution in [3.05, 3.63) is 17.7 Å². The van der Waals surface area contributed by atoms with Gasteiger partial charge in [-0.2, -0.15) is 0 Å². The summed E-state index contributed by atoms with van der Waals surface area (Å²) in [4.78, 5) is 12.2. The van der Waals surface area contributed by atoms with Crippen molar-refractivity contribution in [2.24, 2.45) is 0 Å². The Labute approximate surface area is 125 Å². The number of hydrogen-bond donors (Lipinski definition) is 2. The predicted molar refractivity (Wildman–Crippen MR) is 81.6 cm³/mol. The van der Waals surface area contributed by atoms with Crippen molar-refractivity contribution >= 4 is 5.91 Å². The van der Waals surface area contributed by atoms with Gasteiger partial charge in [-0.3, -0.25) is 4.79 Å². The Morgan fingerprint density at radius 3 is 2.14 bits per heavy atom. The molecule has 0 aliphatic heterocycles. The van der Waals surface area contributed by atoms with Gasteiger partial charge in [0, 0.05) is 18.2 Å². The zero-order valence-corrected chi connectivity index (χ0v) is 13.3. The van der Waals surface area contributed by atoms with E-state index in [2.05, 4.69) is 10.6 Å². The molecular formula is C15H24N2O4. The fourth-order valence-electron chi connectivity index (χ4n) is 1.98. The van der Waals surface area contributed by atoms with Gasteiger partial charge in [-0.25, -0.2) is 0 Å². The third kappa shape index (κ3) is 4.53. The summed E-state index contributed by atoms with van der Waals surface area (Å²) in [6.07, 6.45) is 0. The summed E-state index contributed by atoms with van der Waals surface area (Å²) in [6.45, 7) is 5.45. The molecule has 0 aromatic heterocycles. The molecule has 0 radical (unpaired) electrons. The van der Waals surface area contributed by atoms with Crippen molar-refractivity contribution in [3.63, 3.8) is 0 Å². The first-order valence-corrected chi connectivity index (χ1v) is 6.88. The number of carbonyl (C=O) groups is 1. The summed E-state index contributed by atoms with van der Waals surface area (Å²) < 4.78 is 15.7. The van der Waals surface area contributed by atoms with Gasteiger partial charge in [0.15, 0.2) is 11.5 Å². The van der Waals surface area contributed by atoms with Crippen LogP contribution in [0.2, 0.25) is 0 Å². The quantitative estimate of drug-likeness (QED) is 0.760. The topological polar surface area (TPSA) is 68.8 Å². The Kier molecular flexibility index (Phi) is 6.81. The average molecular weight is 296 g/mol. The lowest BCUT2D eigenvalue weighted by molar-refractivity contribution is 0.0949. The summed E-state index contributed by atoms with van der Waals surface area (Å²) in [7, 11) is 4.57. The van der Waals surface area contributed by atoms with Gasteiger partial charge in [-0.1, -0.05) is 6.92 Å². The summed E-state index contributed by atoms with van der Waals surface area (Å²) >= 11 is 0. The monoisotopic (exact) mass is 296 g/mol. The van der Waals surface area contributed by atoms with Gasteiger partial charge in [0.2, 0.25) is 5.75 Å². The molecule has 1 rings (SSSR count). The highest BCUT2D eigenvalue weighted by Gasteiger charge is 2.17. The first-order valence-electron chi connectivity index (χ1n) is 6.88. The third-order valence-electron chi connectivity index (χ3n) is 3.05. The molecule has 1 aromatic carbocycles. The van der Waals surface area contributed by atoms with Gasteiger partial charge in [-0.15, -0.1) is 0 Å². The molecule has 21 heavy (non-hydrogen) atoms. The summed E-state index contributed by atoms with van der Waals surface area (Å²) in [5.41, 5.74) is 0.466. The van der Waals surface area contributed by atoms with Crippen molar-refractivity contribution in [2.45, 2.75) is 19.9 Å². The zero-order chi connectivity index (χ0) is 15.8. The van der Waals surface area contributed by atoms with Gasteiger partial charge in [0.05, 0.1) is 21.3 Å². The van der Waals surface area contributed by atoms with E-state index >= 15 is 0 Å². The highest BCUT2D eigenvalue weighted by atomic mass is 16.5. The van der Waals surface area contributed by atoms with Crippen LogP contribution in [0.3, 0.4) is 0 Å². The fraction of sp³-hybridized carbons (Fsp3) is 0.533. The van der Waals surface area contributed by atoms with E-state index in [-0.39, 0.29) is 11.9 Å². The largest absolute Gasteiger partial charge is 0.493 e. The van der Waals surface area contributed by atoms with Crippen molar-refractivity contribution in [2.75, 3.05) is 34.4 Å². The van der Waals surface area contributed by atoms with Crippen LogP contribution in [0.25, 0.3) is 0 Å². The number of methoxy groups -OCH3 is 3. The molecule has 0 saturated heterocycles. The third-order valence-corrected chi connectivity index (χ3v) is 3.05. The molecule has 0 aliphatic carbocycles. The van der Waals surface area contributed by atoms with E-state index in [1.54, 1.807) is 12.1 Å². The molecule has 1 aromatic rings.